The van der Waals surface area contributed by atoms with E-state index < -0.39 is 6.10 Å². The van der Waals surface area contributed by atoms with Gasteiger partial charge >= 0.3 is 0 Å². The van der Waals surface area contributed by atoms with E-state index in [1.165, 1.54) is 0 Å². The highest BCUT2D eigenvalue weighted by atomic mass is 16.5. The van der Waals surface area contributed by atoms with Crippen molar-refractivity contribution in [3.8, 4) is 0 Å². The average Bonchev–Trinajstić information content (AvgIpc) is 2.15. The number of aliphatic hydroxyl groups excluding tert-OH is 3. The molecule has 0 saturated heterocycles. The summed E-state index contributed by atoms with van der Waals surface area (Å²) >= 11 is 0. The minimum Gasteiger partial charge on any atom is -0.395 e. The van der Waals surface area contributed by atoms with Crippen LogP contribution in [0.5, 0.6) is 0 Å². The zero-order valence-corrected chi connectivity index (χ0v) is 9.59. The third-order valence-electron chi connectivity index (χ3n) is 1.97. The van der Waals surface area contributed by atoms with E-state index in [2.05, 4.69) is 0 Å². The molecule has 0 saturated carbocycles. The topological polar surface area (TPSA) is 73.2 Å². The molecule has 2 atom stereocenters. The van der Waals surface area contributed by atoms with Crippen LogP contribution in [0.2, 0.25) is 0 Å². The Bertz CT molecular complexity index is 137. The molecule has 0 rings (SSSR count). The van der Waals surface area contributed by atoms with Gasteiger partial charge in [0.05, 0.1) is 32.0 Å². The van der Waals surface area contributed by atoms with Crippen molar-refractivity contribution in [1.29, 1.82) is 0 Å². The van der Waals surface area contributed by atoms with Gasteiger partial charge in [-0.25, -0.2) is 0 Å². The molecule has 5 heteroatoms. The molecule has 0 aliphatic carbocycles. The lowest BCUT2D eigenvalue weighted by molar-refractivity contribution is -0.0126. The van der Waals surface area contributed by atoms with Crippen LogP contribution in [0, 0.1) is 0 Å². The molecular formula is C10H23NO4. The summed E-state index contributed by atoms with van der Waals surface area (Å²) in [5, 5.41) is 26.6. The van der Waals surface area contributed by atoms with E-state index in [9.17, 15) is 0 Å². The van der Waals surface area contributed by atoms with Crippen molar-refractivity contribution in [2.24, 2.45) is 0 Å². The van der Waals surface area contributed by atoms with Crippen LogP contribution in [0.3, 0.4) is 0 Å². The van der Waals surface area contributed by atoms with Crippen molar-refractivity contribution >= 4 is 0 Å². The molecule has 5 nitrogen and oxygen atoms in total. The normalized spacial score (nSPS) is 15.6. The SMILES string of the molecule is CC(O)COC(C)CN(CCO)CCO. The summed E-state index contributed by atoms with van der Waals surface area (Å²) in [5.74, 6) is 0. The van der Waals surface area contributed by atoms with Crippen LogP contribution in [0.15, 0.2) is 0 Å². The van der Waals surface area contributed by atoms with Crippen LogP contribution in [0.1, 0.15) is 13.8 Å². The molecule has 0 aliphatic rings. The fourth-order valence-corrected chi connectivity index (χ4v) is 1.30. The van der Waals surface area contributed by atoms with Crippen LogP contribution >= 0.6 is 0 Å². The average molecular weight is 221 g/mol. The minimum absolute atomic E-state index is 0.0160. The van der Waals surface area contributed by atoms with E-state index in [-0.39, 0.29) is 19.3 Å². The van der Waals surface area contributed by atoms with Gasteiger partial charge in [0.1, 0.15) is 0 Å². The lowest BCUT2D eigenvalue weighted by atomic mass is 10.3. The van der Waals surface area contributed by atoms with Crippen LogP contribution in [0.4, 0.5) is 0 Å². The molecule has 0 amide bonds. The van der Waals surface area contributed by atoms with Crippen LogP contribution in [-0.2, 0) is 4.74 Å². The van der Waals surface area contributed by atoms with E-state index in [0.29, 0.717) is 26.2 Å². The number of nitrogens with zero attached hydrogens (tertiary/aromatic N) is 1. The van der Waals surface area contributed by atoms with Gasteiger partial charge < -0.3 is 20.1 Å². The molecule has 15 heavy (non-hydrogen) atoms. The van der Waals surface area contributed by atoms with Gasteiger partial charge in [-0.1, -0.05) is 0 Å². The Hall–Kier alpha value is -0.200. The van der Waals surface area contributed by atoms with Crippen LogP contribution < -0.4 is 0 Å². The standard InChI is InChI=1S/C10H23NO4/c1-9(14)8-15-10(2)7-11(3-5-12)4-6-13/h9-10,12-14H,3-8H2,1-2H3. The molecule has 0 bridgehead atoms. The van der Waals surface area contributed by atoms with E-state index in [4.69, 9.17) is 20.1 Å². The number of aliphatic hydroxyl groups is 3. The molecule has 0 fully saturated rings. The Labute approximate surface area is 91.3 Å². The molecule has 0 radical (unpaired) electrons. The smallest absolute Gasteiger partial charge is 0.0745 e. The first-order chi connectivity index (χ1) is 7.10. The minimum atomic E-state index is -0.461. The van der Waals surface area contributed by atoms with Gasteiger partial charge in [0.15, 0.2) is 0 Å². The highest BCUT2D eigenvalue weighted by molar-refractivity contribution is 4.62. The first kappa shape index (κ1) is 14.8. The highest BCUT2D eigenvalue weighted by Gasteiger charge is 2.10. The summed E-state index contributed by atoms with van der Waals surface area (Å²) in [7, 11) is 0. The molecular weight excluding hydrogens is 198 g/mol. The van der Waals surface area contributed by atoms with Gasteiger partial charge in [0, 0.05) is 19.6 Å². The predicted molar refractivity (Wildman–Crippen MR) is 57.7 cm³/mol. The molecule has 2 unspecified atom stereocenters. The lowest BCUT2D eigenvalue weighted by Gasteiger charge is -2.24. The van der Waals surface area contributed by atoms with Crippen LogP contribution in [-0.4, -0.2) is 71.9 Å². The maximum Gasteiger partial charge on any atom is 0.0745 e. The summed E-state index contributed by atoms with van der Waals surface area (Å²) in [6.45, 7) is 5.75. The maximum atomic E-state index is 9.02. The zero-order chi connectivity index (χ0) is 11.7. The van der Waals surface area contributed by atoms with Gasteiger partial charge in [0.25, 0.3) is 0 Å². The Morgan fingerprint density at radius 1 is 1.13 bits per heavy atom. The number of hydrogen-bond acceptors (Lipinski definition) is 5. The van der Waals surface area contributed by atoms with Crippen molar-refractivity contribution in [3.63, 3.8) is 0 Å². The summed E-state index contributed by atoms with van der Waals surface area (Å²) in [5.41, 5.74) is 0. The quantitative estimate of drug-likeness (QED) is 0.468. The lowest BCUT2D eigenvalue weighted by Crippen LogP contribution is -2.37. The fourth-order valence-electron chi connectivity index (χ4n) is 1.30. The molecule has 0 spiro atoms. The number of ether oxygens (including phenoxy) is 1. The van der Waals surface area contributed by atoms with Crippen molar-refractivity contribution in [2.45, 2.75) is 26.1 Å². The Kier molecular flexibility index (Phi) is 8.94. The summed E-state index contributed by atoms with van der Waals surface area (Å²) < 4.78 is 5.37. The van der Waals surface area contributed by atoms with Crippen molar-refractivity contribution in [2.75, 3.05) is 39.5 Å². The van der Waals surface area contributed by atoms with E-state index in [1.54, 1.807) is 6.92 Å². The monoisotopic (exact) mass is 221 g/mol. The van der Waals surface area contributed by atoms with Crippen molar-refractivity contribution < 1.29 is 20.1 Å². The summed E-state index contributed by atoms with van der Waals surface area (Å²) in [6, 6.07) is 0. The molecule has 0 aliphatic heterocycles. The molecule has 0 aromatic rings. The van der Waals surface area contributed by atoms with E-state index in [1.807, 2.05) is 11.8 Å². The van der Waals surface area contributed by atoms with Crippen LogP contribution in [0.25, 0.3) is 0 Å². The molecule has 92 valence electrons. The molecule has 0 aromatic carbocycles. The first-order valence-electron chi connectivity index (χ1n) is 5.33. The van der Waals surface area contributed by atoms with Gasteiger partial charge in [-0.2, -0.15) is 0 Å². The highest BCUT2D eigenvalue weighted by Crippen LogP contribution is 1.97. The molecule has 0 heterocycles. The van der Waals surface area contributed by atoms with Gasteiger partial charge in [0.2, 0.25) is 0 Å². The Balaban J connectivity index is 3.72. The second-order valence-electron chi connectivity index (χ2n) is 3.74. The van der Waals surface area contributed by atoms with Crippen molar-refractivity contribution in [3.05, 3.63) is 0 Å². The Morgan fingerprint density at radius 3 is 2.07 bits per heavy atom. The number of hydrogen-bond donors (Lipinski definition) is 3. The second-order valence-corrected chi connectivity index (χ2v) is 3.74. The molecule has 3 N–H and O–H groups in total. The largest absolute Gasteiger partial charge is 0.395 e. The predicted octanol–water partition coefficient (Wildman–Crippen LogP) is -0.941. The Morgan fingerprint density at radius 2 is 1.67 bits per heavy atom. The van der Waals surface area contributed by atoms with Gasteiger partial charge in [-0.3, -0.25) is 4.90 Å². The third-order valence-corrected chi connectivity index (χ3v) is 1.97. The van der Waals surface area contributed by atoms with Gasteiger partial charge in [-0.15, -0.1) is 0 Å². The number of rotatable bonds is 9. The van der Waals surface area contributed by atoms with E-state index >= 15 is 0 Å². The summed E-state index contributed by atoms with van der Waals surface area (Å²) in [4.78, 5) is 1.92. The summed E-state index contributed by atoms with van der Waals surface area (Å²) in [6.07, 6.45) is -0.478. The molecule has 0 aromatic heterocycles. The van der Waals surface area contributed by atoms with Crippen molar-refractivity contribution in [1.82, 2.24) is 4.90 Å². The maximum absolute atomic E-state index is 9.02. The third kappa shape index (κ3) is 8.77. The first-order valence-corrected chi connectivity index (χ1v) is 5.33. The van der Waals surface area contributed by atoms with Gasteiger partial charge in [-0.05, 0) is 13.8 Å². The van der Waals surface area contributed by atoms with E-state index in [0.717, 1.165) is 0 Å². The second kappa shape index (κ2) is 9.06. The fraction of sp³-hybridized carbons (Fsp3) is 1.00. The zero-order valence-electron chi connectivity index (χ0n) is 9.59.